The predicted molar refractivity (Wildman–Crippen MR) is 218 cm³/mol. The van der Waals surface area contributed by atoms with E-state index in [9.17, 15) is 0 Å². The van der Waals surface area contributed by atoms with Crippen molar-refractivity contribution in [1.82, 2.24) is 15.0 Å². The molecule has 11 rings (SSSR count). The second kappa shape index (κ2) is 11.8. The van der Waals surface area contributed by atoms with Gasteiger partial charge in [-0.1, -0.05) is 146 Å². The van der Waals surface area contributed by atoms with Crippen LogP contribution in [0.25, 0.3) is 94.5 Å². The van der Waals surface area contributed by atoms with Crippen LogP contribution in [-0.4, -0.2) is 15.0 Å². The third kappa shape index (κ3) is 4.95. The predicted octanol–water partition coefficient (Wildman–Crippen LogP) is 12.6. The van der Waals surface area contributed by atoms with E-state index < -0.39 is 0 Å². The van der Waals surface area contributed by atoms with Gasteiger partial charge in [0.05, 0.1) is 0 Å². The Morgan fingerprint density at radius 3 is 2.04 bits per heavy atom. The molecule has 0 fully saturated rings. The van der Waals surface area contributed by atoms with E-state index in [2.05, 4.69) is 140 Å². The lowest BCUT2D eigenvalue weighted by Crippen LogP contribution is -2.06. The topological polar surface area (TPSA) is 51.8 Å². The van der Waals surface area contributed by atoms with Gasteiger partial charge in [-0.3, -0.25) is 0 Å². The monoisotopic (exact) mass is 677 g/mol. The summed E-state index contributed by atoms with van der Waals surface area (Å²) in [6.07, 6.45) is 5.47. The van der Waals surface area contributed by atoms with Crippen molar-refractivity contribution in [2.75, 3.05) is 0 Å². The molecule has 0 aliphatic heterocycles. The highest BCUT2D eigenvalue weighted by molar-refractivity contribution is 6.20. The van der Waals surface area contributed by atoms with Crippen LogP contribution in [0.3, 0.4) is 0 Å². The van der Waals surface area contributed by atoms with Gasteiger partial charge in [-0.15, -0.1) is 0 Å². The number of hydrogen-bond donors (Lipinski definition) is 0. The van der Waals surface area contributed by atoms with Crippen molar-refractivity contribution < 1.29 is 4.42 Å². The van der Waals surface area contributed by atoms with Crippen LogP contribution in [0.4, 0.5) is 0 Å². The molecule has 1 atom stereocenters. The normalized spacial score (nSPS) is 14.1. The van der Waals surface area contributed by atoms with Gasteiger partial charge in [0.1, 0.15) is 11.2 Å². The first-order valence-corrected chi connectivity index (χ1v) is 18.1. The molecule has 0 saturated carbocycles. The van der Waals surface area contributed by atoms with E-state index in [1.54, 1.807) is 0 Å². The van der Waals surface area contributed by atoms with Crippen molar-refractivity contribution in [3.8, 4) is 34.2 Å². The molecular weight excluding hydrogens is 647 g/mol. The molecular formula is C49H31N3O. The summed E-state index contributed by atoms with van der Waals surface area (Å²) in [6.45, 7) is 0. The van der Waals surface area contributed by atoms with Crippen molar-refractivity contribution in [3.63, 3.8) is 0 Å². The highest BCUT2D eigenvalue weighted by atomic mass is 16.3. The van der Waals surface area contributed by atoms with Crippen LogP contribution in [0.5, 0.6) is 0 Å². The standard InChI is InChI=1S/C49H31N3O/c1-2-12-34(13-3-1)47-50-48(37-25-21-32-20-23-33-22-19-31-11-6-7-15-39(31)45(33)41(32)27-37)52-49(51-47)42-28-38(36-24-18-30-10-4-5-14-35(30)26-36)29-44-46(42)40-16-8-9-17-43(40)53-44/h1-25,27-29,36H,26H2. The van der Waals surface area contributed by atoms with Gasteiger partial charge < -0.3 is 4.42 Å². The molecule has 4 heteroatoms. The summed E-state index contributed by atoms with van der Waals surface area (Å²) in [5, 5.41) is 9.31. The summed E-state index contributed by atoms with van der Waals surface area (Å²) in [5.41, 5.74) is 8.28. The number of aromatic nitrogens is 3. The maximum atomic E-state index is 6.57. The average Bonchev–Trinajstić information content (AvgIpc) is 3.61. The quantitative estimate of drug-likeness (QED) is 0.174. The van der Waals surface area contributed by atoms with Gasteiger partial charge in [0.25, 0.3) is 0 Å². The third-order valence-corrected chi connectivity index (χ3v) is 10.8. The molecule has 1 aliphatic carbocycles. The van der Waals surface area contributed by atoms with Crippen LogP contribution >= 0.6 is 0 Å². The summed E-state index contributed by atoms with van der Waals surface area (Å²) in [6, 6.07) is 55.6. The Labute approximate surface area is 305 Å². The lowest BCUT2D eigenvalue weighted by atomic mass is 9.84. The van der Waals surface area contributed by atoms with Gasteiger partial charge >= 0.3 is 0 Å². The summed E-state index contributed by atoms with van der Waals surface area (Å²) in [4.78, 5) is 15.7. The van der Waals surface area contributed by atoms with E-state index >= 15 is 0 Å². The summed E-state index contributed by atoms with van der Waals surface area (Å²) >= 11 is 0. The van der Waals surface area contributed by atoms with Crippen molar-refractivity contribution in [2.45, 2.75) is 12.3 Å². The summed E-state index contributed by atoms with van der Waals surface area (Å²) < 4.78 is 6.57. The molecule has 0 amide bonds. The molecule has 1 unspecified atom stereocenters. The Morgan fingerprint density at radius 2 is 1.15 bits per heavy atom. The van der Waals surface area contributed by atoms with Gasteiger partial charge in [-0.05, 0) is 79.7 Å². The number of fused-ring (bicyclic) bond motifs is 9. The lowest BCUT2D eigenvalue weighted by Gasteiger charge is -2.20. The van der Waals surface area contributed by atoms with Gasteiger partial charge in [-0.25, -0.2) is 15.0 Å². The number of nitrogens with zero attached hydrogens (tertiary/aromatic N) is 3. The zero-order valence-electron chi connectivity index (χ0n) is 28.7. The molecule has 0 bridgehead atoms. The number of benzene rings is 8. The second-order valence-electron chi connectivity index (χ2n) is 14.0. The van der Waals surface area contributed by atoms with E-state index in [4.69, 9.17) is 19.4 Å². The number of allylic oxidation sites excluding steroid dienone is 1. The van der Waals surface area contributed by atoms with E-state index in [0.717, 1.165) is 45.0 Å². The molecule has 2 heterocycles. The summed E-state index contributed by atoms with van der Waals surface area (Å²) in [7, 11) is 0. The Morgan fingerprint density at radius 1 is 0.472 bits per heavy atom. The van der Waals surface area contributed by atoms with E-state index in [0.29, 0.717) is 17.5 Å². The van der Waals surface area contributed by atoms with Gasteiger partial charge in [0.15, 0.2) is 17.5 Å². The van der Waals surface area contributed by atoms with Crippen LogP contribution in [0.2, 0.25) is 0 Å². The SMILES string of the molecule is C1=CC(c2cc(-c3nc(-c4ccccc4)nc(-c4ccc5ccc6ccc7ccccc7c6c5c4)n3)c3c(c2)oc2ccccc23)Cc2ccccc21. The third-order valence-electron chi connectivity index (χ3n) is 10.8. The van der Waals surface area contributed by atoms with Crippen LogP contribution < -0.4 is 0 Å². The number of hydrogen-bond acceptors (Lipinski definition) is 4. The molecule has 0 radical (unpaired) electrons. The van der Waals surface area contributed by atoms with Crippen molar-refractivity contribution in [2.24, 2.45) is 0 Å². The lowest BCUT2D eigenvalue weighted by molar-refractivity contribution is 0.667. The van der Waals surface area contributed by atoms with E-state index in [1.165, 1.54) is 49.0 Å². The fraction of sp³-hybridized carbons (Fsp3) is 0.0408. The molecule has 53 heavy (non-hydrogen) atoms. The Bertz CT molecular complexity index is 3100. The first-order valence-electron chi connectivity index (χ1n) is 18.1. The zero-order valence-corrected chi connectivity index (χ0v) is 28.7. The first kappa shape index (κ1) is 29.8. The molecule has 0 spiro atoms. The fourth-order valence-corrected chi connectivity index (χ4v) is 8.21. The minimum absolute atomic E-state index is 0.180. The van der Waals surface area contributed by atoms with Crippen molar-refractivity contribution >= 4 is 60.3 Å². The maximum absolute atomic E-state index is 6.57. The Balaban J connectivity index is 1.16. The molecule has 248 valence electrons. The first-order chi connectivity index (χ1) is 26.2. The average molecular weight is 678 g/mol. The maximum Gasteiger partial charge on any atom is 0.164 e. The highest BCUT2D eigenvalue weighted by Crippen LogP contribution is 2.41. The van der Waals surface area contributed by atoms with E-state index in [1.807, 2.05) is 30.3 Å². The largest absolute Gasteiger partial charge is 0.456 e. The van der Waals surface area contributed by atoms with Gasteiger partial charge in [0, 0.05) is 33.4 Å². The second-order valence-corrected chi connectivity index (χ2v) is 14.0. The van der Waals surface area contributed by atoms with Crippen molar-refractivity contribution in [3.05, 3.63) is 180 Å². The molecule has 8 aromatic carbocycles. The van der Waals surface area contributed by atoms with Crippen LogP contribution in [0.1, 0.15) is 22.6 Å². The van der Waals surface area contributed by atoms with Crippen LogP contribution in [0.15, 0.2) is 168 Å². The van der Waals surface area contributed by atoms with Crippen LogP contribution in [0, 0.1) is 0 Å². The molecule has 2 aromatic heterocycles. The smallest absolute Gasteiger partial charge is 0.164 e. The molecule has 4 nitrogen and oxygen atoms in total. The molecule has 0 N–H and O–H groups in total. The molecule has 10 aromatic rings. The Hall–Kier alpha value is -6.91. The minimum Gasteiger partial charge on any atom is -0.456 e. The number of para-hydroxylation sites is 1. The van der Waals surface area contributed by atoms with Crippen LogP contribution in [-0.2, 0) is 6.42 Å². The summed E-state index contributed by atoms with van der Waals surface area (Å²) in [5.74, 6) is 2.06. The van der Waals surface area contributed by atoms with Gasteiger partial charge in [0.2, 0.25) is 0 Å². The Kier molecular flexibility index (Phi) is 6.65. The fourth-order valence-electron chi connectivity index (χ4n) is 8.21. The zero-order chi connectivity index (χ0) is 34.9. The van der Waals surface area contributed by atoms with Crippen molar-refractivity contribution in [1.29, 1.82) is 0 Å². The van der Waals surface area contributed by atoms with Gasteiger partial charge in [-0.2, -0.15) is 0 Å². The van der Waals surface area contributed by atoms with E-state index in [-0.39, 0.29) is 5.92 Å². The minimum atomic E-state index is 0.180. The number of furan rings is 1. The number of rotatable bonds is 4. The highest BCUT2D eigenvalue weighted by Gasteiger charge is 2.23. The molecule has 1 aliphatic rings. The molecule has 0 saturated heterocycles.